The van der Waals surface area contributed by atoms with Crippen LogP contribution in [0.2, 0.25) is 0 Å². The van der Waals surface area contributed by atoms with Crippen molar-refractivity contribution in [2.45, 2.75) is 13.0 Å². The number of aliphatic imine (C=N–C) groups is 1. The maximum Gasteiger partial charge on any atom is 0.231 e. The van der Waals surface area contributed by atoms with Gasteiger partial charge < -0.3 is 24.8 Å². The average molecular weight is 407 g/mol. The molecule has 7 heteroatoms. The van der Waals surface area contributed by atoms with Crippen LogP contribution in [-0.4, -0.2) is 40.1 Å². The number of nitrogens with one attached hydrogen (secondary N) is 2. The topological polar surface area (TPSA) is 64.1 Å². The Morgan fingerprint density at radius 3 is 2.86 bits per heavy atom. The van der Waals surface area contributed by atoms with Gasteiger partial charge in [0.15, 0.2) is 17.5 Å². The van der Waals surface area contributed by atoms with Gasteiger partial charge in [-0.2, -0.15) is 0 Å². The normalized spacial score (nSPS) is 12.8. The third-order valence-electron chi connectivity index (χ3n) is 2.94. The van der Waals surface area contributed by atoms with Crippen molar-refractivity contribution < 1.29 is 14.2 Å². The van der Waals surface area contributed by atoms with Crippen LogP contribution >= 0.6 is 24.0 Å². The summed E-state index contributed by atoms with van der Waals surface area (Å²) in [5.74, 6) is 2.38. The summed E-state index contributed by atoms with van der Waals surface area (Å²) in [7, 11) is 3.46. The Labute approximate surface area is 142 Å². The van der Waals surface area contributed by atoms with Crippen molar-refractivity contribution in [2.24, 2.45) is 4.99 Å². The van der Waals surface area contributed by atoms with Crippen LogP contribution in [0.4, 0.5) is 0 Å². The van der Waals surface area contributed by atoms with Gasteiger partial charge in [0.05, 0.1) is 0 Å². The van der Waals surface area contributed by atoms with Gasteiger partial charge in [-0.25, -0.2) is 0 Å². The summed E-state index contributed by atoms with van der Waals surface area (Å²) >= 11 is 0. The molecule has 0 amide bonds. The number of halogens is 1. The third-order valence-corrected chi connectivity index (χ3v) is 2.94. The summed E-state index contributed by atoms with van der Waals surface area (Å²) in [4.78, 5) is 4.17. The van der Waals surface area contributed by atoms with E-state index in [4.69, 9.17) is 14.2 Å². The molecule has 0 radical (unpaired) electrons. The van der Waals surface area contributed by atoms with Crippen LogP contribution in [0.15, 0.2) is 23.2 Å². The van der Waals surface area contributed by atoms with Gasteiger partial charge in [-0.3, -0.25) is 4.99 Å². The van der Waals surface area contributed by atoms with E-state index >= 15 is 0 Å². The average Bonchev–Trinajstić information content (AvgIpc) is 2.94. The van der Waals surface area contributed by atoms with Crippen molar-refractivity contribution in [2.75, 3.05) is 34.1 Å². The van der Waals surface area contributed by atoms with Crippen LogP contribution < -0.4 is 20.1 Å². The minimum atomic E-state index is 0. The van der Waals surface area contributed by atoms with E-state index in [0.29, 0.717) is 13.3 Å². The molecule has 0 aliphatic carbocycles. The lowest BCUT2D eigenvalue weighted by molar-refractivity contribution is 0.174. The van der Waals surface area contributed by atoms with Crippen LogP contribution in [0.3, 0.4) is 0 Å². The molecule has 2 rings (SSSR count). The molecule has 0 unspecified atom stereocenters. The molecule has 1 aliphatic heterocycles. The van der Waals surface area contributed by atoms with Crippen molar-refractivity contribution in [1.29, 1.82) is 0 Å². The standard InChI is InChI=1S/C14H21N3O3.HI/c1-15-14(16-6-3-7-18-2)17-9-11-4-5-12-13(8-11)20-10-19-12;/h4-5,8H,3,6-7,9-10H2,1-2H3,(H2,15,16,17);1H. The molecule has 1 heterocycles. The molecule has 0 saturated heterocycles. The monoisotopic (exact) mass is 407 g/mol. The summed E-state index contributed by atoms with van der Waals surface area (Å²) in [6.07, 6.45) is 0.946. The summed E-state index contributed by atoms with van der Waals surface area (Å²) in [5.41, 5.74) is 1.12. The molecule has 0 atom stereocenters. The van der Waals surface area contributed by atoms with Crippen molar-refractivity contribution in [3.63, 3.8) is 0 Å². The maximum atomic E-state index is 5.35. The van der Waals surface area contributed by atoms with Crippen LogP contribution in [0.25, 0.3) is 0 Å². The number of ether oxygens (including phenoxy) is 3. The zero-order valence-electron chi connectivity index (χ0n) is 12.3. The lowest BCUT2D eigenvalue weighted by Crippen LogP contribution is -2.37. The number of hydrogen-bond acceptors (Lipinski definition) is 4. The minimum Gasteiger partial charge on any atom is -0.454 e. The number of rotatable bonds is 6. The molecule has 118 valence electrons. The molecule has 0 bridgehead atoms. The minimum absolute atomic E-state index is 0. The van der Waals surface area contributed by atoms with E-state index in [9.17, 15) is 0 Å². The number of nitrogens with zero attached hydrogens (tertiary/aromatic N) is 1. The summed E-state index contributed by atoms with van der Waals surface area (Å²) in [6, 6.07) is 5.92. The predicted molar refractivity (Wildman–Crippen MR) is 92.7 cm³/mol. The maximum absolute atomic E-state index is 5.35. The van der Waals surface area contributed by atoms with E-state index < -0.39 is 0 Å². The van der Waals surface area contributed by atoms with Gasteiger partial charge in [-0.05, 0) is 24.1 Å². The Bertz CT molecular complexity index is 469. The molecule has 0 spiro atoms. The summed E-state index contributed by atoms with van der Waals surface area (Å²) in [6.45, 7) is 2.55. The van der Waals surface area contributed by atoms with E-state index in [0.717, 1.165) is 42.6 Å². The third kappa shape index (κ3) is 5.58. The second-order valence-corrected chi connectivity index (χ2v) is 4.39. The highest BCUT2D eigenvalue weighted by atomic mass is 127. The van der Waals surface area contributed by atoms with Gasteiger partial charge in [0.2, 0.25) is 6.79 Å². The first kappa shape index (κ1) is 17.8. The van der Waals surface area contributed by atoms with E-state index in [2.05, 4.69) is 15.6 Å². The molecule has 1 aliphatic rings. The quantitative estimate of drug-likeness (QED) is 0.326. The van der Waals surface area contributed by atoms with Gasteiger partial charge in [-0.1, -0.05) is 6.07 Å². The highest BCUT2D eigenvalue weighted by Gasteiger charge is 2.13. The second kappa shape index (κ2) is 9.67. The molecule has 6 nitrogen and oxygen atoms in total. The molecule has 1 aromatic rings. The lowest BCUT2D eigenvalue weighted by atomic mass is 10.2. The first-order chi connectivity index (χ1) is 9.83. The van der Waals surface area contributed by atoms with Crippen LogP contribution in [0, 0.1) is 0 Å². The fourth-order valence-corrected chi connectivity index (χ4v) is 1.88. The number of hydrogen-bond donors (Lipinski definition) is 2. The van der Waals surface area contributed by atoms with E-state index in [-0.39, 0.29) is 24.0 Å². The number of guanidine groups is 1. The van der Waals surface area contributed by atoms with Gasteiger partial charge in [0.1, 0.15) is 0 Å². The van der Waals surface area contributed by atoms with Crippen molar-refractivity contribution in [3.8, 4) is 11.5 Å². The molecular weight excluding hydrogens is 385 g/mol. The fraction of sp³-hybridized carbons (Fsp3) is 0.500. The molecule has 0 saturated carbocycles. The number of benzene rings is 1. The Morgan fingerprint density at radius 2 is 2.10 bits per heavy atom. The first-order valence-corrected chi connectivity index (χ1v) is 6.65. The van der Waals surface area contributed by atoms with Crippen molar-refractivity contribution in [3.05, 3.63) is 23.8 Å². The van der Waals surface area contributed by atoms with Crippen LogP contribution in [-0.2, 0) is 11.3 Å². The lowest BCUT2D eigenvalue weighted by Gasteiger charge is -2.12. The van der Waals surface area contributed by atoms with Gasteiger partial charge >= 0.3 is 0 Å². The summed E-state index contributed by atoms with van der Waals surface area (Å²) in [5, 5.41) is 6.49. The second-order valence-electron chi connectivity index (χ2n) is 4.39. The Morgan fingerprint density at radius 1 is 1.29 bits per heavy atom. The van der Waals surface area contributed by atoms with Crippen LogP contribution in [0.1, 0.15) is 12.0 Å². The molecular formula is C14H22IN3O3. The van der Waals surface area contributed by atoms with Crippen molar-refractivity contribution >= 4 is 29.9 Å². The largest absolute Gasteiger partial charge is 0.454 e. The molecule has 21 heavy (non-hydrogen) atoms. The van der Waals surface area contributed by atoms with E-state index in [1.54, 1.807) is 14.2 Å². The van der Waals surface area contributed by atoms with E-state index in [1.807, 2.05) is 18.2 Å². The van der Waals surface area contributed by atoms with Gasteiger partial charge in [0, 0.05) is 33.9 Å². The first-order valence-electron chi connectivity index (χ1n) is 6.65. The molecule has 0 aromatic heterocycles. The molecule has 2 N–H and O–H groups in total. The van der Waals surface area contributed by atoms with Crippen molar-refractivity contribution in [1.82, 2.24) is 10.6 Å². The summed E-state index contributed by atoms with van der Waals surface area (Å²) < 4.78 is 15.6. The Balaban J connectivity index is 0.00000220. The van der Waals surface area contributed by atoms with Crippen LogP contribution in [0.5, 0.6) is 11.5 Å². The highest BCUT2D eigenvalue weighted by molar-refractivity contribution is 14.0. The molecule has 0 fully saturated rings. The van der Waals surface area contributed by atoms with Gasteiger partial charge in [0.25, 0.3) is 0 Å². The number of methoxy groups -OCH3 is 1. The highest BCUT2D eigenvalue weighted by Crippen LogP contribution is 2.32. The number of fused-ring (bicyclic) bond motifs is 1. The Hall–Kier alpha value is -1.22. The Kier molecular flexibility index (Phi) is 8.21. The zero-order chi connectivity index (χ0) is 14.2. The smallest absolute Gasteiger partial charge is 0.231 e. The SMILES string of the molecule is CN=C(NCCCOC)NCc1ccc2c(c1)OCO2.I. The van der Waals surface area contributed by atoms with Gasteiger partial charge in [-0.15, -0.1) is 24.0 Å². The zero-order valence-corrected chi connectivity index (χ0v) is 14.7. The molecule has 1 aromatic carbocycles. The predicted octanol–water partition coefficient (Wildman–Crippen LogP) is 1.73. The van der Waals surface area contributed by atoms with E-state index in [1.165, 1.54) is 0 Å². The fourth-order valence-electron chi connectivity index (χ4n) is 1.88.